The predicted octanol–water partition coefficient (Wildman–Crippen LogP) is -1.05. The molecule has 0 aliphatic carbocycles. The second-order valence-corrected chi connectivity index (χ2v) is 9.12. The number of nitrogens with one attached hydrogen (secondary N) is 5. The van der Waals surface area contributed by atoms with Crippen molar-refractivity contribution in [3.05, 3.63) is 54.2 Å². The van der Waals surface area contributed by atoms with E-state index in [0.717, 1.165) is 10.9 Å². The quantitative estimate of drug-likeness (QED) is 0.109. The van der Waals surface area contributed by atoms with E-state index in [9.17, 15) is 34.2 Å². The number of aliphatic carboxylic acids is 2. The van der Waals surface area contributed by atoms with E-state index in [1.807, 2.05) is 18.2 Å². The van der Waals surface area contributed by atoms with Gasteiger partial charge in [-0.2, -0.15) is 12.6 Å². The summed E-state index contributed by atoms with van der Waals surface area (Å²) < 4.78 is 0. The van der Waals surface area contributed by atoms with Crippen LogP contribution in [0, 0.1) is 0 Å². The summed E-state index contributed by atoms with van der Waals surface area (Å²) in [5, 5.41) is 27.0. The summed E-state index contributed by atoms with van der Waals surface area (Å²) in [7, 11) is 0. The van der Waals surface area contributed by atoms with E-state index in [1.165, 1.54) is 12.5 Å². The van der Waals surface area contributed by atoms with E-state index in [0.29, 0.717) is 11.3 Å². The standard InChI is InChI=1S/C24H29N7O7S/c25-15(10-39)21(34)29-18(7-20(32)33)23(36)30-17(6-13-9-26-11-28-13)22(35)31-19(24(37)38)5-12-8-27-16-4-2-1-3-14(12)16/h1-4,8-9,11,15,17-19,27,39H,5-7,10,25H2,(H,26,28)(H,29,34)(H,30,36)(H,31,35)(H,32,33)(H,37,38). The maximum Gasteiger partial charge on any atom is 0.326 e. The van der Waals surface area contributed by atoms with E-state index < -0.39 is 60.2 Å². The number of H-pyrrole nitrogens is 2. The van der Waals surface area contributed by atoms with E-state index in [4.69, 9.17) is 5.73 Å². The van der Waals surface area contributed by atoms with Crippen LogP contribution in [0.25, 0.3) is 10.9 Å². The minimum Gasteiger partial charge on any atom is -0.481 e. The van der Waals surface area contributed by atoms with Gasteiger partial charge < -0.3 is 41.9 Å². The number of fused-ring (bicyclic) bond motifs is 1. The lowest BCUT2D eigenvalue weighted by Gasteiger charge is -2.24. The summed E-state index contributed by atoms with van der Waals surface area (Å²) in [6, 6.07) is 1.95. The third-order valence-corrected chi connectivity index (χ3v) is 6.26. The van der Waals surface area contributed by atoms with Crippen molar-refractivity contribution >= 4 is 53.2 Å². The van der Waals surface area contributed by atoms with Crippen LogP contribution in [0.15, 0.2) is 43.0 Å². The Morgan fingerprint density at radius 1 is 0.923 bits per heavy atom. The maximum absolute atomic E-state index is 13.3. The van der Waals surface area contributed by atoms with Gasteiger partial charge in [0, 0.05) is 47.6 Å². The first kappa shape index (κ1) is 29.2. The summed E-state index contributed by atoms with van der Waals surface area (Å²) in [5.74, 6) is -5.33. The smallest absolute Gasteiger partial charge is 0.326 e. The van der Waals surface area contributed by atoms with Gasteiger partial charge in [0.1, 0.15) is 18.1 Å². The number of thiol groups is 1. The van der Waals surface area contributed by atoms with Gasteiger partial charge in [-0.05, 0) is 11.6 Å². The van der Waals surface area contributed by atoms with Crippen LogP contribution >= 0.6 is 12.6 Å². The zero-order valence-corrected chi connectivity index (χ0v) is 21.5. The summed E-state index contributed by atoms with van der Waals surface area (Å²) >= 11 is 3.92. The van der Waals surface area contributed by atoms with E-state index >= 15 is 0 Å². The summed E-state index contributed by atoms with van der Waals surface area (Å²) in [6.07, 6.45) is 3.47. The van der Waals surface area contributed by atoms with Crippen LogP contribution in [0.5, 0.6) is 0 Å². The topological polar surface area (TPSA) is 232 Å². The molecule has 0 aliphatic rings. The number of carboxylic acids is 2. The van der Waals surface area contributed by atoms with Crippen LogP contribution in [0.1, 0.15) is 17.7 Å². The molecular weight excluding hydrogens is 530 g/mol. The number of hydrogen-bond donors (Lipinski definition) is 9. The van der Waals surface area contributed by atoms with Crippen LogP contribution in [0.2, 0.25) is 0 Å². The number of para-hydroxylation sites is 1. The monoisotopic (exact) mass is 559 g/mol. The molecule has 2 aromatic heterocycles. The largest absolute Gasteiger partial charge is 0.481 e. The average Bonchev–Trinajstić information content (AvgIpc) is 3.56. The third-order valence-electron chi connectivity index (χ3n) is 5.87. The molecule has 0 aliphatic heterocycles. The minimum absolute atomic E-state index is 0.0465. The molecule has 0 fully saturated rings. The number of hydrogen-bond acceptors (Lipinski definition) is 8. The van der Waals surface area contributed by atoms with Crippen molar-refractivity contribution < 1.29 is 34.2 Å². The molecule has 4 atom stereocenters. The zero-order valence-electron chi connectivity index (χ0n) is 20.6. The molecule has 3 amide bonds. The molecule has 2 heterocycles. The van der Waals surface area contributed by atoms with Crippen LogP contribution in [-0.4, -0.2) is 84.7 Å². The predicted molar refractivity (Wildman–Crippen MR) is 142 cm³/mol. The molecule has 15 heteroatoms. The first-order valence-electron chi connectivity index (χ1n) is 11.8. The summed E-state index contributed by atoms with van der Waals surface area (Å²) in [6.45, 7) is 0. The molecule has 9 N–H and O–H groups in total. The molecule has 0 bridgehead atoms. The summed E-state index contributed by atoms with van der Waals surface area (Å²) in [5.41, 5.74) is 7.51. The van der Waals surface area contributed by atoms with Gasteiger partial charge in [-0.1, -0.05) is 18.2 Å². The molecule has 4 unspecified atom stereocenters. The molecule has 0 saturated carbocycles. The maximum atomic E-state index is 13.3. The van der Waals surface area contributed by atoms with E-state index in [2.05, 4.69) is 43.5 Å². The van der Waals surface area contributed by atoms with Gasteiger partial charge in [-0.3, -0.25) is 19.2 Å². The van der Waals surface area contributed by atoms with Crippen molar-refractivity contribution in [2.45, 2.75) is 43.4 Å². The molecule has 3 aromatic rings. The van der Waals surface area contributed by atoms with Gasteiger partial charge in [0.05, 0.1) is 18.8 Å². The number of rotatable bonds is 14. The van der Waals surface area contributed by atoms with Crippen LogP contribution in [0.3, 0.4) is 0 Å². The zero-order chi connectivity index (χ0) is 28.5. The Morgan fingerprint density at radius 2 is 1.59 bits per heavy atom. The average molecular weight is 560 g/mol. The van der Waals surface area contributed by atoms with Gasteiger partial charge in [0.15, 0.2) is 0 Å². The number of benzene rings is 1. The molecule has 3 rings (SSSR count). The number of aromatic nitrogens is 3. The number of carboxylic acid groups (broad SMARTS) is 2. The second-order valence-electron chi connectivity index (χ2n) is 8.75. The highest BCUT2D eigenvalue weighted by molar-refractivity contribution is 7.80. The lowest BCUT2D eigenvalue weighted by molar-refractivity contribution is -0.143. The van der Waals surface area contributed by atoms with Gasteiger partial charge in [0.2, 0.25) is 17.7 Å². The molecule has 0 radical (unpaired) electrons. The molecule has 14 nitrogen and oxygen atoms in total. The first-order valence-corrected chi connectivity index (χ1v) is 12.5. The number of imidazole rings is 1. The Hall–Kier alpha value is -4.37. The number of nitrogens with zero attached hydrogens (tertiary/aromatic N) is 1. The Kier molecular flexibility index (Phi) is 10.1. The lowest BCUT2D eigenvalue weighted by Crippen LogP contribution is -2.58. The Balaban J connectivity index is 1.79. The fraction of sp³-hybridized carbons (Fsp3) is 0.333. The Labute approximate surface area is 227 Å². The number of aromatic amines is 2. The Bertz CT molecular complexity index is 1330. The van der Waals surface area contributed by atoms with Crippen molar-refractivity contribution in [3.8, 4) is 0 Å². The summed E-state index contributed by atoms with van der Waals surface area (Å²) in [4.78, 5) is 71.6. The number of amides is 3. The normalized spacial score (nSPS) is 14.1. The number of nitrogens with two attached hydrogens (primary N) is 1. The highest BCUT2D eigenvalue weighted by atomic mass is 32.1. The molecule has 0 saturated heterocycles. The van der Waals surface area contributed by atoms with E-state index in [1.54, 1.807) is 12.3 Å². The molecule has 0 spiro atoms. The molecule has 39 heavy (non-hydrogen) atoms. The molecule has 1 aromatic carbocycles. The van der Waals surface area contributed by atoms with E-state index in [-0.39, 0.29) is 18.6 Å². The molecule has 208 valence electrons. The van der Waals surface area contributed by atoms with Crippen LogP contribution in [0.4, 0.5) is 0 Å². The van der Waals surface area contributed by atoms with Gasteiger partial charge in [-0.25, -0.2) is 9.78 Å². The fourth-order valence-electron chi connectivity index (χ4n) is 3.84. The lowest BCUT2D eigenvalue weighted by atomic mass is 10.0. The number of carbonyl (C=O) groups excluding carboxylic acids is 3. The van der Waals surface area contributed by atoms with Crippen molar-refractivity contribution in [2.75, 3.05) is 5.75 Å². The van der Waals surface area contributed by atoms with Crippen molar-refractivity contribution in [1.29, 1.82) is 0 Å². The fourth-order valence-corrected chi connectivity index (χ4v) is 4.00. The van der Waals surface area contributed by atoms with Gasteiger partial charge in [-0.15, -0.1) is 0 Å². The highest BCUT2D eigenvalue weighted by Crippen LogP contribution is 2.19. The third kappa shape index (κ3) is 8.05. The van der Waals surface area contributed by atoms with Gasteiger partial charge >= 0.3 is 11.9 Å². The first-order chi connectivity index (χ1) is 18.6. The van der Waals surface area contributed by atoms with Gasteiger partial charge in [0.25, 0.3) is 0 Å². The number of carbonyl (C=O) groups is 5. The van der Waals surface area contributed by atoms with Crippen LogP contribution in [-0.2, 0) is 36.8 Å². The van der Waals surface area contributed by atoms with Crippen molar-refractivity contribution in [2.24, 2.45) is 5.73 Å². The SMILES string of the molecule is NC(CS)C(=O)NC(CC(=O)O)C(=O)NC(Cc1cnc[nH]1)C(=O)NC(Cc1c[nH]c2ccccc12)C(=O)O. The highest BCUT2D eigenvalue weighted by Gasteiger charge is 2.32. The van der Waals surface area contributed by atoms with Crippen molar-refractivity contribution in [3.63, 3.8) is 0 Å². The van der Waals surface area contributed by atoms with Crippen LogP contribution < -0.4 is 21.7 Å². The Morgan fingerprint density at radius 3 is 2.23 bits per heavy atom. The molecular formula is C24H29N7O7S. The minimum atomic E-state index is -1.56. The van der Waals surface area contributed by atoms with Crippen molar-refractivity contribution in [1.82, 2.24) is 30.9 Å². The second kappa shape index (κ2) is 13.4.